The molecule has 1 unspecified atom stereocenters. The van der Waals surface area contributed by atoms with Gasteiger partial charge in [0.1, 0.15) is 4.21 Å². The lowest BCUT2D eigenvalue weighted by molar-refractivity contribution is -0.138. The number of hydrogen-bond donors (Lipinski definition) is 1. The third-order valence-corrected chi connectivity index (χ3v) is 7.03. The van der Waals surface area contributed by atoms with Crippen LogP contribution in [0.15, 0.2) is 21.7 Å². The number of nitrogens with zero attached hydrogens (tertiary/aromatic N) is 2. The van der Waals surface area contributed by atoms with Crippen LogP contribution in [0.25, 0.3) is 0 Å². The fraction of sp³-hybridized carbons (Fsp3) is 0.615. The minimum Gasteiger partial charge on any atom is -0.480 e. The fourth-order valence-electron chi connectivity index (χ4n) is 2.61. The number of hydrogen-bond acceptors (Lipinski definition) is 5. The van der Waals surface area contributed by atoms with Gasteiger partial charge in [0.05, 0.1) is 6.54 Å². The van der Waals surface area contributed by atoms with Crippen molar-refractivity contribution >= 4 is 27.3 Å². The van der Waals surface area contributed by atoms with Crippen molar-refractivity contribution in [3.8, 4) is 0 Å². The summed E-state index contributed by atoms with van der Waals surface area (Å²) in [6, 6.07) is 3.47. The van der Waals surface area contributed by atoms with E-state index in [9.17, 15) is 13.2 Å². The molecule has 0 radical (unpaired) electrons. The Bertz CT molecular complexity index is 571. The molecular formula is C13H20N2O4S2. The zero-order chi connectivity index (χ0) is 15.5. The maximum absolute atomic E-state index is 12.5. The number of carbonyl (C=O) groups is 1. The number of sulfonamides is 1. The number of carboxylic acids is 1. The second-order valence-corrected chi connectivity index (χ2v) is 8.34. The van der Waals surface area contributed by atoms with Crippen molar-refractivity contribution in [2.45, 2.75) is 29.5 Å². The van der Waals surface area contributed by atoms with Gasteiger partial charge in [0.15, 0.2) is 0 Å². The smallest absolute Gasteiger partial charge is 0.317 e. The van der Waals surface area contributed by atoms with Gasteiger partial charge < -0.3 is 5.11 Å². The Kier molecular flexibility index (Phi) is 5.37. The molecule has 0 aromatic carbocycles. The summed E-state index contributed by atoms with van der Waals surface area (Å²) in [5.41, 5.74) is 0. The Morgan fingerprint density at radius 2 is 2.24 bits per heavy atom. The second kappa shape index (κ2) is 6.87. The van der Waals surface area contributed by atoms with Gasteiger partial charge in [-0.3, -0.25) is 9.69 Å². The monoisotopic (exact) mass is 332 g/mol. The van der Waals surface area contributed by atoms with Crippen LogP contribution < -0.4 is 0 Å². The number of aliphatic carboxylic acids is 1. The summed E-state index contributed by atoms with van der Waals surface area (Å²) in [6.45, 7) is 0.925. The van der Waals surface area contributed by atoms with Crippen molar-refractivity contribution in [2.24, 2.45) is 0 Å². The highest BCUT2D eigenvalue weighted by atomic mass is 32.2. The van der Waals surface area contributed by atoms with Crippen LogP contribution in [-0.2, 0) is 14.8 Å². The highest BCUT2D eigenvalue weighted by molar-refractivity contribution is 7.91. The largest absolute Gasteiger partial charge is 0.480 e. The lowest BCUT2D eigenvalue weighted by Crippen LogP contribution is -2.37. The predicted molar refractivity (Wildman–Crippen MR) is 81.0 cm³/mol. The minimum absolute atomic E-state index is 0.0116. The standard InChI is InChI=1S/C13H20N2O4S2/c1-14(10-12(16)17)11-4-2-7-15(8-6-11)21(18,19)13-5-3-9-20-13/h3,5,9,11H,2,4,6-8,10H2,1H3,(H,16,17). The molecule has 0 spiro atoms. The molecule has 1 aliphatic rings. The zero-order valence-electron chi connectivity index (χ0n) is 11.9. The minimum atomic E-state index is -3.40. The summed E-state index contributed by atoms with van der Waals surface area (Å²) in [5.74, 6) is -0.857. The molecule has 0 saturated carbocycles. The summed E-state index contributed by atoms with van der Waals surface area (Å²) < 4.78 is 26.9. The topological polar surface area (TPSA) is 77.9 Å². The van der Waals surface area contributed by atoms with E-state index >= 15 is 0 Å². The van der Waals surface area contributed by atoms with E-state index in [0.29, 0.717) is 23.7 Å². The Hall–Kier alpha value is -0.960. The summed E-state index contributed by atoms with van der Waals surface area (Å²) in [4.78, 5) is 12.6. The molecule has 1 saturated heterocycles. The second-order valence-electron chi connectivity index (χ2n) is 5.23. The van der Waals surface area contributed by atoms with Crippen molar-refractivity contribution in [3.05, 3.63) is 17.5 Å². The molecule has 2 heterocycles. The van der Waals surface area contributed by atoms with E-state index in [4.69, 9.17) is 5.11 Å². The average molecular weight is 332 g/mol. The summed E-state index contributed by atoms with van der Waals surface area (Å²) in [7, 11) is -1.62. The Balaban J connectivity index is 2.03. The maximum atomic E-state index is 12.5. The first-order chi connectivity index (χ1) is 9.91. The number of rotatable bonds is 5. The van der Waals surface area contributed by atoms with Gasteiger partial charge in [-0.25, -0.2) is 8.42 Å². The maximum Gasteiger partial charge on any atom is 0.317 e. The lowest BCUT2D eigenvalue weighted by atomic mass is 10.1. The number of carboxylic acid groups (broad SMARTS) is 1. The van der Waals surface area contributed by atoms with E-state index < -0.39 is 16.0 Å². The molecular weight excluding hydrogens is 312 g/mol. The van der Waals surface area contributed by atoms with Crippen LogP contribution in [0, 0.1) is 0 Å². The molecule has 1 N–H and O–H groups in total. The van der Waals surface area contributed by atoms with Crippen LogP contribution in [0.1, 0.15) is 19.3 Å². The molecule has 118 valence electrons. The van der Waals surface area contributed by atoms with Gasteiger partial charge >= 0.3 is 5.97 Å². The van der Waals surface area contributed by atoms with E-state index in [1.165, 1.54) is 15.6 Å². The normalized spacial score (nSPS) is 21.3. The van der Waals surface area contributed by atoms with Crippen LogP contribution in [0.5, 0.6) is 0 Å². The molecule has 6 nitrogen and oxygen atoms in total. The van der Waals surface area contributed by atoms with Crippen LogP contribution >= 0.6 is 11.3 Å². The molecule has 1 atom stereocenters. The van der Waals surface area contributed by atoms with Crippen LogP contribution in [0.3, 0.4) is 0 Å². The van der Waals surface area contributed by atoms with Crippen LogP contribution in [-0.4, -0.2) is 61.4 Å². The zero-order valence-corrected chi connectivity index (χ0v) is 13.6. The molecule has 0 bridgehead atoms. The van der Waals surface area contributed by atoms with Gasteiger partial charge in [0.25, 0.3) is 10.0 Å². The van der Waals surface area contributed by atoms with Gasteiger partial charge in [-0.15, -0.1) is 11.3 Å². The van der Waals surface area contributed by atoms with E-state index in [1.807, 2.05) is 0 Å². The van der Waals surface area contributed by atoms with Crippen molar-refractivity contribution in [2.75, 3.05) is 26.7 Å². The molecule has 2 rings (SSSR count). The molecule has 21 heavy (non-hydrogen) atoms. The van der Waals surface area contributed by atoms with E-state index in [0.717, 1.165) is 12.8 Å². The van der Waals surface area contributed by atoms with Crippen LogP contribution in [0.2, 0.25) is 0 Å². The van der Waals surface area contributed by atoms with Gasteiger partial charge in [-0.05, 0) is 37.8 Å². The first kappa shape index (κ1) is 16.4. The third-order valence-electron chi connectivity index (χ3n) is 3.75. The SMILES string of the molecule is CN(CC(=O)O)C1CCCN(S(=O)(=O)c2cccs2)CC1. The third kappa shape index (κ3) is 4.03. The molecule has 1 aromatic heterocycles. The van der Waals surface area contributed by atoms with Crippen molar-refractivity contribution < 1.29 is 18.3 Å². The van der Waals surface area contributed by atoms with Gasteiger partial charge in [-0.2, -0.15) is 4.31 Å². The summed E-state index contributed by atoms with van der Waals surface area (Å²) >= 11 is 1.23. The van der Waals surface area contributed by atoms with Crippen LogP contribution in [0.4, 0.5) is 0 Å². The van der Waals surface area contributed by atoms with Crippen molar-refractivity contribution in [1.29, 1.82) is 0 Å². The Labute approximate surface area is 129 Å². The first-order valence-corrected chi connectivity index (χ1v) is 9.19. The Morgan fingerprint density at radius 3 is 2.86 bits per heavy atom. The highest BCUT2D eigenvalue weighted by Crippen LogP contribution is 2.24. The number of likely N-dealkylation sites (N-methyl/N-ethyl adjacent to an activating group) is 1. The van der Waals surface area contributed by atoms with Gasteiger partial charge in [-0.1, -0.05) is 6.07 Å². The molecule has 1 aliphatic heterocycles. The van der Waals surface area contributed by atoms with Crippen molar-refractivity contribution in [3.63, 3.8) is 0 Å². The molecule has 0 amide bonds. The molecule has 0 aliphatic carbocycles. The lowest BCUT2D eigenvalue weighted by Gasteiger charge is -2.25. The fourth-order valence-corrected chi connectivity index (χ4v) is 5.25. The van der Waals surface area contributed by atoms with E-state index in [2.05, 4.69) is 0 Å². The van der Waals surface area contributed by atoms with Gasteiger partial charge in [0, 0.05) is 19.1 Å². The first-order valence-electron chi connectivity index (χ1n) is 6.87. The molecule has 8 heteroatoms. The highest BCUT2D eigenvalue weighted by Gasteiger charge is 2.29. The molecule has 1 aromatic rings. The summed E-state index contributed by atoms with van der Waals surface area (Å²) in [6.07, 6.45) is 2.23. The Morgan fingerprint density at radius 1 is 1.48 bits per heavy atom. The number of thiophene rings is 1. The van der Waals surface area contributed by atoms with Crippen molar-refractivity contribution in [1.82, 2.24) is 9.21 Å². The quantitative estimate of drug-likeness (QED) is 0.879. The predicted octanol–water partition coefficient (Wildman–Crippen LogP) is 1.31. The summed E-state index contributed by atoms with van der Waals surface area (Å²) in [5, 5.41) is 10.6. The average Bonchev–Trinajstić information content (AvgIpc) is 2.82. The molecule has 1 fully saturated rings. The van der Waals surface area contributed by atoms with Gasteiger partial charge in [0.2, 0.25) is 0 Å². The van der Waals surface area contributed by atoms with E-state index in [-0.39, 0.29) is 12.6 Å². The van der Waals surface area contributed by atoms with E-state index in [1.54, 1.807) is 29.5 Å².